The summed E-state index contributed by atoms with van der Waals surface area (Å²) in [7, 11) is 0. The molecule has 0 rings (SSSR count). The zero-order valence-corrected chi connectivity index (χ0v) is 8.92. The summed E-state index contributed by atoms with van der Waals surface area (Å²) in [6.07, 6.45) is 3.29. The highest BCUT2D eigenvalue weighted by Gasteiger charge is 2.11. The molecule has 0 radical (unpaired) electrons. The molecule has 0 aliphatic rings. The van der Waals surface area contributed by atoms with Crippen molar-refractivity contribution in [2.45, 2.75) is 59.0 Å². The van der Waals surface area contributed by atoms with Gasteiger partial charge in [0.1, 0.15) is 0 Å². The van der Waals surface area contributed by atoms with Crippen LogP contribution in [0.1, 0.15) is 52.9 Å². The smallest absolute Gasteiger partial charge is 0.332 e. The summed E-state index contributed by atoms with van der Waals surface area (Å²) in [6, 6.07) is 0. The number of rotatable bonds is 6. The maximum atomic E-state index is 10.1. The van der Waals surface area contributed by atoms with E-state index >= 15 is 0 Å². The van der Waals surface area contributed by atoms with Crippen molar-refractivity contribution in [3.05, 3.63) is 0 Å². The highest BCUT2D eigenvalue weighted by atomic mass is 16.4. The van der Waals surface area contributed by atoms with Crippen LogP contribution in [0, 0.1) is 0 Å². The van der Waals surface area contributed by atoms with Gasteiger partial charge in [-0.3, -0.25) is 0 Å². The van der Waals surface area contributed by atoms with Gasteiger partial charge in [-0.15, -0.1) is 0 Å². The Balaban J connectivity index is 0. The fourth-order valence-corrected chi connectivity index (χ4v) is 0.888. The highest BCUT2D eigenvalue weighted by Crippen LogP contribution is 2.05. The Kier molecular flexibility index (Phi) is 13.1. The van der Waals surface area contributed by atoms with Crippen LogP contribution in [0.2, 0.25) is 0 Å². The lowest BCUT2D eigenvalue weighted by molar-refractivity contribution is -0.146. The van der Waals surface area contributed by atoms with Crippen molar-refractivity contribution in [3.63, 3.8) is 0 Å². The van der Waals surface area contributed by atoms with Crippen molar-refractivity contribution in [2.24, 2.45) is 0 Å². The minimum Gasteiger partial charge on any atom is -0.479 e. The Morgan fingerprint density at radius 3 is 2.15 bits per heavy atom. The summed E-state index contributed by atoms with van der Waals surface area (Å²) < 4.78 is 0. The van der Waals surface area contributed by atoms with Gasteiger partial charge >= 0.3 is 5.97 Å². The summed E-state index contributed by atoms with van der Waals surface area (Å²) in [5.41, 5.74) is 0. The molecule has 1 atom stereocenters. The Labute approximate surface area is 80.8 Å². The van der Waals surface area contributed by atoms with Gasteiger partial charge in [0, 0.05) is 0 Å². The molecule has 0 aliphatic carbocycles. The standard InChI is InChI=1S/C8H16O3.C2H6/c1-2-3-4-5-6-7(9)8(10)11;1-2/h7,9H,2-6H2,1H3,(H,10,11);1-2H3. The van der Waals surface area contributed by atoms with Crippen molar-refractivity contribution in [2.75, 3.05) is 0 Å². The number of aliphatic hydroxyl groups is 1. The average Bonchev–Trinajstić information content (AvgIpc) is 2.15. The van der Waals surface area contributed by atoms with E-state index in [0.29, 0.717) is 6.42 Å². The summed E-state index contributed by atoms with van der Waals surface area (Å²) in [4.78, 5) is 10.1. The Hall–Kier alpha value is -0.570. The van der Waals surface area contributed by atoms with Crippen molar-refractivity contribution >= 4 is 5.97 Å². The van der Waals surface area contributed by atoms with E-state index in [1.54, 1.807) is 0 Å². The molecule has 0 aliphatic heterocycles. The van der Waals surface area contributed by atoms with Gasteiger partial charge in [-0.25, -0.2) is 4.79 Å². The van der Waals surface area contributed by atoms with E-state index in [4.69, 9.17) is 10.2 Å². The molecule has 0 saturated heterocycles. The predicted octanol–water partition coefficient (Wildman–Crippen LogP) is 2.43. The van der Waals surface area contributed by atoms with Crippen LogP contribution in [-0.4, -0.2) is 22.3 Å². The molecule has 0 saturated carbocycles. The molecule has 0 bridgehead atoms. The molecular weight excluding hydrogens is 168 g/mol. The number of carboxylic acid groups (broad SMARTS) is 1. The SMILES string of the molecule is CC.CCCCCCC(O)C(=O)O. The monoisotopic (exact) mass is 190 g/mol. The predicted molar refractivity (Wildman–Crippen MR) is 53.7 cm³/mol. The summed E-state index contributed by atoms with van der Waals surface area (Å²) in [6.45, 7) is 6.09. The molecule has 0 heterocycles. The number of hydrogen-bond acceptors (Lipinski definition) is 2. The van der Waals surface area contributed by atoms with Crippen LogP contribution in [0.25, 0.3) is 0 Å². The van der Waals surface area contributed by atoms with Crippen LogP contribution < -0.4 is 0 Å². The van der Waals surface area contributed by atoms with Gasteiger partial charge in [0.05, 0.1) is 0 Å². The maximum Gasteiger partial charge on any atom is 0.332 e. The van der Waals surface area contributed by atoms with Gasteiger partial charge in [-0.1, -0.05) is 46.5 Å². The molecule has 80 valence electrons. The minimum atomic E-state index is -1.16. The molecule has 0 aromatic carbocycles. The van der Waals surface area contributed by atoms with Gasteiger partial charge in [0.15, 0.2) is 6.10 Å². The van der Waals surface area contributed by atoms with E-state index in [2.05, 4.69) is 6.92 Å². The first-order chi connectivity index (χ1) is 6.18. The lowest BCUT2D eigenvalue weighted by atomic mass is 10.1. The summed E-state index contributed by atoms with van der Waals surface area (Å²) in [5.74, 6) is -1.11. The molecule has 3 nitrogen and oxygen atoms in total. The Morgan fingerprint density at radius 2 is 1.77 bits per heavy atom. The zero-order chi connectivity index (χ0) is 10.7. The van der Waals surface area contributed by atoms with E-state index < -0.39 is 12.1 Å². The second-order valence-electron chi connectivity index (χ2n) is 2.70. The number of carboxylic acids is 1. The molecular formula is C10H22O3. The average molecular weight is 190 g/mol. The third-order valence-corrected chi connectivity index (χ3v) is 1.62. The lowest BCUT2D eigenvalue weighted by Crippen LogP contribution is -2.18. The first kappa shape index (κ1) is 14.9. The Morgan fingerprint density at radius 1 is 1.23 bits per heavy atom. The number of unbranched alkanes of at least 4 members (excludes halogenated alkanes) is 3. The first-order valence-electron chi connectivity index (χ1n) is 5.09. The largest absolute Gasteiger partial charge is 0.479 e. The minimum absolute atomic E-state index is 0.384. The highest BCUT2D eigenvalue weighted by molar-refractivity contribution is 5.71. The molecule has 1 unspecified atom stereocenters. The molecule has 0 spiro atoms. The third kappa shape index (κ3) is 11.4. The third-order valence-electron chi connectivity index (χ3n) is 1.62. The van der Waals surface area contributed by atoms with Crippen molar-refractivity contribution in [1.29, 1.82) is 0 Å². The van der Waals surface area contributed by atoms with E-state index in [1.165, 1.54) is 0 Å². The summed E-state index contributed by atoms with van der Waals surface area (Å²) >= 11 is 0. The van der Waals surface area contributed by atoms with Crippen LogP contribution in [0.5, 0.6) is 0 Å². The molecule has 0 aromatic rings. The van der Waals surface area contributed by atoms with Gasteiger partial charge in [0.25, 0.3) is 0 Å². The van der Waals surface area contributed by atoms with Gasteiger partial charge in [-0.2, -0.15) is 0 Å². The zero-order valence-electron chi connectivity index (χ0n) is 8.92. The Bertz CT molecular complexity index is 113. The molecule has 2 N–H and O–H groups in total. The molecule has 0 aromatic heterocycles. The van der Waals surface area contributed by atoms with Crippen LogP contribution in [0.3, 0.4) is 0 Å². The van der Waals surface area contributed by atoms with E-state index in [-0.39, 0.29) is 0 Å². The second kappa shape index (κ2) is 11.4. The van der Waals surface area contributed by atoms with Crippen LogP contribution >= 0.6 is 0 Å². The number of aliphatic carboxylic acids is 1. The molecule has 3 heteroatoms. The van der Waals surface area contributed by atoms with Crippen molar-refractivity contribution in [1.82, 2.24) is 0 Å². The van der Waals surface area contributed by atoms with Crippen LogP contribution in [0.15, 0.2) is 0 Å². The van der Waals surface area contributed by atoms with Gasteiger partial charge in [0.2, 0.25) is 0 Å². The lowest BCUT2D eigenvalue weighted by Gasteiger charge is -2.03. The van der Waals surface area contributed by atoms with E-state index in [1.807, 2.05) is 13.8 Å². The van der Waals surface area contributed by atoms with Crippen LogP contribution in [-0.2, 0) is 4.79 Å². The van der Waals surface area contributed by atoms with Crippen LogP contribution in [0.4, 0.5) is 0 Å². The molecule has 0 fully saturated rings. The number of aliphatic hydroxyl groups excluding tert-OH is 1. The maximum absolute atomic E-state index is 10.1. The van der Waals surface area contributed by atoms with Crippen molar-refractivity contribution in [3.8, 4) is 0 Å². The number of hydrogen-bond donors (Lipinski definition) is 2. The quantitative estimate of drug-likeness (QED) is 0.632. The topological polar surface area (TPSA) is 57.5 Å². The van der Waals surface area contributed by atoms with Gasteiger partial charge < -0.3 is 10.2 Å². The molecule has 13 heavy (non-hydrogen) atoms. The van der Waals surface area contributed by atoms with Crippen molar-refractivity contribution < 1.29 is 15.0 Å². The fourth-order valence-electron chi connectivity index (χ4n) is 0.888. The fraction of sp³-hybridized carbons (Fsp3) is 0.900. The summed E-state index contributed by atoms with van der Waals surface area (Å²) in [5, 5.41) is 17.1. The van der Waals surface area contributed by atoms with Gasteiger partial charge in [-0.05, 0) is 6.42 Å². The van der Waals surface area contributed by atoms with E-state index in [9.17, 15) is 4.79 Å². The second-order valence-corrected chi connectivity index (χ2v) is 2.70. The first-order valence-corrected chi connectivity index (χ1v) is 5.09. The number of carbonyl (C=O) groups is 1. The molecule has 0 amide bonds. The van der Waals surface area contributed by atoms with E-state index in [0.717, 1.165) is 25.7 Å². The normalized spacial score (nSPS) is 11.4.